The van der Waals surface area contributed by atoms with Crippen LogP contribution in [0.15, 0.2) is 72.8 Å². The van der Waals surface area contributed by atoms with Crippen molar-refractivity contribution >= 4 is 10.9 Å². The summed E-state index contributed by atoms with van der Waals surface area (Å²) in [5.74, 6) is 2.17. The molecule has 4 atom stereocenters. The van der Waals surface area contributed by atoms with Crippen LogP contribution in [-0.2, 0) is 6.42 Å². The second-order valence-electron chi connectivity index (χ2n) is 9.27. The zero-order chi connectivity index (χ0) is 24.4. The normalized spacial score (nSPS) is 20.3. The van der Waals surface area contributed by atoms with E-state index in [9.17, 15) is 5.11 Å². The minimum Gasteiger partial charge on any atom is -0.493 e. The number of aliphatic hydroxyl groups excluding tert-OH is 1. The van der Waals surface area contributed by atoms with Gasteiger partial charge in [0.25, 0.3) is 0 Å². The minimum atomic E-state index is -0.610. The number of hydrogen-bond donors (Lipinski definition) is 3. The Balaban J connectivity index is 1.51. The van der Waals surface area contributed by atoms with Crippen molar-refractivity contribution in [3.63, 3.8) is 0 Å². The average molecular weight is 474 g/mol. The third-order valence-electron chi connectivity index (χ3n) is 7.05. The number of methoxy groups -OCH3 is 2. The molecule has 182 valence electrons. The van der Waals surface area contributed by atoms with Gasteiger partial charge >= 0.3 is 0 Å². The van der Waals surface area contributed by atoms with Crippen LogP contribution in [0, 0.1) is 0 Å². The van der Waals surface area contributed by atoms with Crippen LogP contribution in [0.3, 0.4) is 0 Å². The highest BCUT2D eigenvalue weighted by molar-refractivity contribution is 5.85. The zero-order valence-electron chi connectivity index (χ0n) is 20.5. The first kappa shape index (κ1) is 23.3. The van der Waals surface area contributed by atoms with E-state index in [0.717, 1.165) is 23.3 Å². The van der Waals surface area contributed by atoms with Crippen LogP contribution in [0.2, 0.25) is 0 Å². The number of rotatable bonds is 8. The first-order chi connectivity index (χ1) is 17.1. The number of benzene rings is 3. The summed E-state index contributed by atoms with van der Waals surface area (Å²) in [5, 5.41) is 12.3. The molecule has 0 aliphatic carbocycles. The van der Waals surface area contributed by atoms with E-state index >= 15 is 0 Å². The van der Waals surface area contributed by atoms with Crippen molar-refractivity contribution in [1.82, 2.24) is 4.98 Å². The lowest BCUT2D eigenvalue weighted by Gasteiger charge is -2.39. The molecule has 5 rings (SSSR count). The van der Waals surface area contributed by atoms with Crippen molar-refractivity contribution in [2.24, 2.45) is 0 Å². The van der Waals surface area contributed by atoms with Crippen molar-refractivity contribution in [3.05, 3.63) is 89.6 Å². The maximum atomic E-state index is 11.0. The fraction of sp³-hybridized carbons (Fsp3) is 0.310. The Bertz CT molecular complexity index is 1290. The molecule has 0 radical (unpaired) electrons. The molecule has 4 aromatic rings. The van der Waals surface area contributed by atoms with Gasteiger partial charge in [-0.2, -0.15) is 0 Å². The molecule has 1 aliphatic heterocycles. The molecule has 1 aliphatic rings. The summed E-state index contributed by atoms with van der Waals surface area (Å²) in [6.07, 6.45) is 0.325. The second-order valence-corrected chi connectivity index (χ2v) is 9.27. The molecule has 0 saturated heterocycles. The van der Waals surface area contributed by atoms with E-state index in [1.54, 1.807) is 14.2 Å². The van der Waals surface area contributed by atoms with Crippen molar-refractivity contribution in [2.75, 3.05) is 27.4 Å². The number of ether oxygens (including phenoxy) is 3. The molecule has 35 heavy (non-hydrogen) atoms. The molecular formula is C29H33N2O4+. The van der Waals surface area contributed by atoms with E-state index in [1.807, 2.05) is 36.4 Å². The standard InChI is InChI=1S/C29H32N2O4/c1-19-15-24-23-11-7-8-12-25(23)30-28(24)29(20-13-14-26(33-2)27(16-20)34-3)31(19)17-21(32)18-35-22-9-5-4-6-10-22/h4-14,16,19,21,29-30,32H,15,17-18H2,1-3H3/p+1. The van der Waals surface area contributed by atoms with Crippen LogP contribution >= 0.6 is 0 Å². The molecule has 0 saturated carbocycles. The number of aromatic amines is 1. The van der Waals surface area contributed by atoms with Crippen LogP contribution < -0.4 is 19.1 Å². The van der Waals surface area contributed by atoms with E-state index in [1.165, 1.54) is 21.5 Å². The average Bonchev–Trinajstić information content (AvgIpc) is 3.26. The molecule has 3 aromatic carbocycles. The van der Waals surface area contributed by atoms with Gasteiger partial charge in [-0.3, -0.25) is 0 Å². The Morgan fingerprint density at radius 2 is 1.71 bits per heavy atom. The SMILES string of the molecule is COc1ccc(C2c3[nH]c4ccccc4c3CC(C)[NH+]2CC(O)COc2ccccc2)cc1OC. The fourth-order valence-electron chi connectivity index (χ4n) is 5.37. The highest BCUT2D eigenvalue weighted by atomic mass is 16.5. The van der Waals surface area contributed by atoms with E-state index in [2.05, 4.69) is 48.3 Å². The summed E-state index contributed by atoms with van der Waals surface area (Å²) >= 11 is 0. The molecule has 0 spiro atoms. The predicted molar refractivity (Wildman–Crippen MR) is 137 cm³/mol. The fourth-order valence-corrected chi connectivity index (χ4v) is 5.37. The van der Waals surface area contributed by atoms with Crippen LogP contribution in [0.1, 0.15) is 29.8 Å². The zero-order valence-corrected chi connectivity index (χ0v) is 20.5. The van der Waals surface area contributed by atoms with Gasteiger partial charge in [0.15, 0.2) is 17.5 Å². The lowest BCUT2D eigenvalue weighted by Crippen LogP contribution is -3.17. The molecule has 6 heteroatoms. The van der Waals surface area contributed by atoms with Crippen molar-refractivity contribution in [2.45, 2.75) is 31.5 Å². The van der Waals surface area contributed by atoms with Crippen LogP contribution in [0.5, 0.6) is 17.2 Å². The van der Waals surface area contributed by atoms with Gasteiger partial charge in [0.2, 0.25) is 0 Å². The number of quaternary nitrogens is 1. The molecule has 1 aromatic heterocycles. The Labute approximate surface area is 206 Å². The number of aromatic nitrogens is 1. The van der Waals surface area contributed by atoms with Crippen molar-refractivity contribution < 1.29 is 24.2 Å². The summed E-state index contributed by atoms with van der Waals surface area (Å²) in [5.41, 5.74) is 4.81. The van der Waals surface area contributed by atoms with Gasteiger partial charge in [0.05, 0.1) is 26.0 Å². The Morgan fingerprint density at radius 1 is 0.971 bits per heavy atom. The number of H-pyrrole nitrogens is 1. The maximum absolute atomic E-state index is 11.0. The molecule has 6 nitrogen and oxygen atoms in total. The van der Waals surface area contributed by atoms with E-state index in [4.69, 9.17) is 14.2 Å². The van der Waals surface area contributed by atoms with E-state index < -0.39 is 6.10 Å². The Kier molecular flexibility index (Phi) is 6.66. The molecule has 3 N–H and O–H groups in total. The second kappa shape index (κ2) is 10.0. The Hall–Kier alpha value is -3.48. The lowest BCUT2D eigenvalue weighted by molar-refractivity contribution is -0.953. The first-order valence-corrected chi connectivity index (χ1v) is 12.1. The number of fused-ring (bicyclic) bond motifs is 3. The summed E-state index contributed by atoms with van der Waals surface area (Å²) < 4.78 is 17.0. The van der Waals surface area contributed by atoms with Crippen molar-refractivity contribution in [1.29, 1.82) is 0 Å². The van der Waals surface area contributed by atoms with Gasteiger partial charge in [-0.05, 0) is 48.9 Å². The number of hydrogen-bond acceptors (Lipinski definition) is 4. The summed E-state index contributed by atoms with van der Waals surface area (Å²) in [6.45, 7) is 3.07. The summed E-state index contributed by atoms with van der Waals surface area (Å²) in [4.78, 5) is 5.00. The largest absolute Gasteiger partial charge is 0.493 e. The summed E-state index contributed by atoms with van der Waals surface area (Å²) in [6, 6.07) is 24.5. The minimum absolute atomic E-state index is 0.00679. The third-order valence-corrected chi connectivity index (χ3v) is 7.05. The monoisotopic (exact) mass is 473 g/mol. The smallest absolute Gasteiger partial charge is 0.161 e. The maximum Gasteiger partial charge on any atom is 0.161 e. The van der Waals surface area contributed by atoms with Crippen LogP contribution in [0.25, 0.3) is 10.9 Å². The molecule has 0 fully saturated rings. The number of aliphatic hydroxyl groups is 1. The van der Waals surface area contributed by atoms with Gasteiger partial charge in [-0.25, -0.2) is 0 Å². The van der Waals surface area contributed by atoms with Gasteiger partial charge < -0.3 is 29.2 Å². The van der Waals surface area contributed by atoms with Gasteiger partial charge in [0.1, 0.15) is 25.0 Å². The van der Waals surface area contributed by atoms with Crippen LogP contribution in [-0.4, -0.2) is 49.6 Å². The highest BCUT2D eigenvalue weighted by Gasteiger charge is 2.40. The van der Waals surface area contributed by atoms with Crippen molar-refractivity contribution in [3.8, 4) is 17.2 Å². The quantitative estimate of drug-likeness (QED) is 0.366. The summed E-state index contributed by atoms with van der Waals surface area (Å²) in [7, 11) is 3.31. The van der Waals surface area contributed by atoms with E-state index in [-0.39, 0.29) is 12.6 Å². The van der Waals surface area contributed by atoms with Gasteiger partial charge in [0, 0.05) is 22.9 Å². The van der Waals surface area contributed by atoms with Gasteiger partial charge in [-0.1, -0.05) is 36.4 Å². The molecule has 0 amide bonds. The predicted octanol–water partition coefficient (Wildman–Crippen LogP) is 3.54. The number of nitrogens with one attached hydrogen (secondary N) is 2. The first-order valence-electron chi connectivity index (χ1n) is 12.1. The molecule has 2 heterocycles. The van der Waals surface area contributed by atoms with E-state index in [0.29, 0.717) is 24.1 Å². The van der Waals surface area contributed by atoms with Crippen LogP contribution in [0.4, 0.5) is 0 Å². The molecule has 0 bridgehead atoms. The van der Waals surface area contributed by atoms with Gasteiger partial charge in [-0.15, -0.1) is 0 Å². The third kappa shape index (κ3) is 4.59. The topological polar surface area (TPSA) is 68.2 Å². The number of para-hydroxylation sites is 2. The Morgan fingerprint density at radius 3 is 2.49 bits per heavy atom. The molecule has 4 unspecified atom stereocenters. The highest BCUT2D eigenvalue weighted by Crippen LogP contribution is 2.36. The lowest BCUT2D eigenvalue weighted by atomic mass is 9.88. The molecular weight excluding hydrogens is 440 g/mol.